The number of carbonyl (C=O) groups is 1. The highest BCUT2D eigenvalue weighted by atomic mass is 16.5. The zero-order chi connectivity index (χ0) is 19.9. The van der Waals surface area contributed by atoms with Gasteiger partial charge in [0.05, 0.1) is 19.7 Å². The van der Waals surface area contributed by atoms with Crippen LogP contribution >= 0.6 is 0 Å². The van der Waals surface area contributed by atoms with Crippen LogP contribution in [0.5, 0.6) is 5.75 Å². The van der Waals surface area contributed by atoms with Crippen molar-refractivity contribution in [2.24, 2.45) is 0 Å². The van der Waals surface area contributed by atoms with Crippen LogP contribution in [-0.4, -0.2) is 50.1 Å². The molecule has 2 aromatic rings. The smallest absolute Gasteiger partial charge is 0.234 e. The lowest BCUT2D eigenvalue weighted by Crippen LogP contribution is -2.50. The maximum absolute atomic E-state index is 12.7. The molecule has 0 bridgehead atoms. The number of hydrogen-bond donors (Lipinski definition) is 2. The van der Waals surface area contributed by atoms with Crippen LogP contribution in [0.4, 0.5) is 0 Å². The van der Waals surface area contributed by atoms with Gasteiger partial charge >= 0.3 is 0 Å². The summed E-state index contributed by atoms with van der Waals surface area (Å²) >= 11 is 0. The first-order valence-corrected chi connectivity index (χ1v) is 10.00. The lowest BCUT2D eigenvalue weighted by Gasteiger charge is -2.36. The number of ether oxygens (including phenoxy) is 1. The normalized spacial score (nSPS) is 18.5. The molecule has 5 heteroatoms. The molecule has 0 radical (unpaired) electrons. The van der Waals surface area contributed by atoms with Gasteiger partial charge < -0.3 is 15.4 Å². The van der Waals surface area contributed by atoms with Crippen molar-refractivity contribution >= 4 is 5.91 Å². The molecule has 1 fully saturated rings. The molecule has 28 heavy (non-hydrogen) atoms. The molecule has 5 nitrogen and oxygen atoms in total. The third-order valence-corrected chi connectivity index (χ3v) is 5.39. The third-order valence-electron chi connectivity index (χ3n) is 5.39. The van der Waals surface area contributed by atoms with Crippen LogP contribution in [0.2, 0.25) is 0 Å². The van der Waals surface area contributed by atoms with Crippen LogP contribution in [0.25, 0.3) is 0 Å². The van der Waals surface area contributed by atoms with Gasteiger partial charge in [0.1, 0.15) is 5.75 Å². The van der Waals surface area contributed by atoms with E-state index < -0.39 is 0 Å². The Bertz CT molecular complexity index is 793. The van der Waals surface area contributed by atoms with Crippen molar-refractivity contribution < 1.29 is 9.53 Å². The predicted molar refractivity (Wildman–Crippen MR) is 113 cm³/mol. The summed E-state index contributed by atoms with van der Waals surface area (Å²) in [6.45, 7) is 7.11. The van der Waals surface area contributed by atoms with Gasteiger partial charge in [-0.15, -0.1) is 0 Å². The van der Waals surface area contributed by atoms with Gasteiger partial charge in [-0.3, -0.25) is 9.69 Å². The molecule has 0 saturated carbocycles. The number of aryl methyl sites for hydroxylation is 1. The molecule has 1 saturated heterocycles. The van der Waals surface area contributed by atoms with Crippen molar-refractivity contribution in [1.29, 1.82) is 0 Å². The summed E-state index contributed by atoms with van der Waals surface area (Å²) in [7, 11) is 1.69. The van der Waals surface area contributed by atoms with Crippen molar-refractivity contribution in [1.82, 2.24) is 15.5 Å². The molecule has 1 aliphatic rings. The number of methoxy groups -OCH3 is 1. The monoisotopic (exact) mass is 381 g/mol. The van der Waals surface area contributed by atoms with Gasteiger partial charge in [-0.2, -0.15) is 0 Å². The first kappa shape index (κ1) is 20.4. The van der Waals surface area contributed by atoms with Crippen LogP contribution in [0.15, 0.2) is 48.5 Å². The van der Waals surface area contributed by atoms with Gasteiger partial charge in [0, 0.05) is 31.2 Å². The fourth-order valence-electron chi connectivity index (χ4n) is 3.91. The highest BCUT2D eigenvalue weighted by Gasteiger charge is 2.27. The Morgan fingerprint density at radius 3 is 2.79 bits per heavy atom. The Balaban J connectivity index is 1.62. The van der Waals surface area contributed by atoms with Gasteiger partial charge in [-0.05, 0) is 37.5 Å². The van der Waals surface area contributed by atoms with Gasteiger partial charge in [-0.1, -0.05) is 42.5 Å². The van der Waals surface area contributed by atoms with Crippen molar-refractivity contribution in [2.75, 3.05) is 33.3 Å². The standard InChI is InChI=1S/C23H31N3O2/c1-17-8-4-5-9-19(17)14-18(2)25-23(27)16-26-13-12-24-15-21(26)20-10-6-7-11-22(20)28-3/h4-11,18,21,24H,12-16H2,1-3H3,(H,25,27). The largest absolute Gasteiger partial charge is 0.496 e. The third kappa shape index (κ3) is 5.12. The van der Waals surface area contributed by atoms with E-state index >= 15 is 0 Å². The SMILES string of the molecule is COc1ccccc1C1CNCCN1CC(=O)NC(C)Cc1ccccc1C. The minimum atomic E-state index is 0.0721. The summed E-state index contributed by atoms with van der Waals surface area (Å²) in [5.41, 5.74) is 3.67. The highest BCUT2D eigenvalue weighted by Crippen LogP contribution is 2.29. The Morgan fingerprint density at radius 1 is 1.25 bits per heavy atom. The maximum Gasteiger partial charge on any atom is 0.234 e. The summed E-state index contributed by atoms with van der Waals surface area (Å²) in [5, 5.41) is 6.61. The molecule has 1 amide bonds. The average Bonchev–Trinajstić information content (AvgIpc) is 2.70. The van der Waals surface area contributed by atoms with E-state index in [-0.39, 0.29) is 18.0 Å². The molecule has 1 heterocycles. The summed E-state index contributed by atoms with van der Waals surface area (Å²) in [4.78, 5) is 15.0. The van der Waals surface area contributed by atoms with Crippen LogP contribution in [0, 0.1) is 6.92 Å². The highest BCUT2D eigenvalue weighted by molar-refractivity contribution is 5.78. The molecule has 0 spiro atoms. The quantitative estimate of drug-likeness (QED) is 0.774. The fourth-order valence-corrected chi connectivity index (χ4v) is 3.91. The van der Waals surface area contributed by atoms with Crippen molar-refractivity contribution in [2.45, 2.75) is 32.4 Å². The van der Waals surface area contributed by atoms with E-state index in [0.29, 0.717) is 6.54 Å². The Labute approximate surface area is 168 Å². The first-order valence-electron chi connectivity index (χ1n) is 10.00. The summed E-state index contributed by atoms with van der Waals surface area (Å²) in [6, 6.07) is 16.6. The summed E-state index contributed by atoms with van der Waals surface area (Å²) < 4.78 is 5.54. The van der Waals surface area contributed by atoms with E-state index in [1.54, 1.807) is 7.11 Å². The zero-order valence-corrected chi connectivity index (χ0v) is 17.1. The Hall–Kier alpha value is -2.37. The molecule has 2 atom stereocenters. The van der Waals surface area contributed by atoms with E-state index in [0.717, 1.165) is 37.4 Å². The molecule has 2 unspecified atom stereocenters. The summed E-state index contributed by atoms with van der Waals surface area (Å²) in [5.74, 6) is 0.942. The topological polar surface area (TPSA) is 53.6 Å². The average molecular weight is 382 g/mol. The number of hydrogen-bond acceptors (Lipinski definition) is 4. The number of nitrogens with zero attached hydrogens (tertiary/aromatic N) is 1. The van der Waals surface area contributed by atoms with E-state index in [4.69, 9.17) is 4.74 Å². The number of para-hydroxylation sites is 1. The number of benzene rings is 2. The molecular formula is C23H31N3O2. The zero-order valence-electron chi connectivity index (χ0n) is 17.1. The van der Waals surface area contributed by atoms with Gasteiger partial charge in [0.15, 0.2) is 0 Å². The number of nitrogens with one attached hydrogen (secondary N) is 2. The van der Waals surface area contributed by atoms with Crippen LogP contribution < -0.4 is 15.4 Å². The number of amides is 1. The molecule has 3 rings (SSSR count). The number of rotatable bonds is 7. The second-order valence-corrected chi connectivity index (χ2v) is 7.53. The van der Waals surface area contributed by atoms with Crippen LogP contribution in [0.3, 0.4) is 0 Å². The number of carbonyl (C=O) groups excluding carboxylic acids is 1. The molecule has 150 valence electrons. The first-order chi connectivity index (χ1) is 13.6. The van der Waals surface area contributed by atoms with E-state index in [1.807, 2.05) is 24.3 Å². The van der Waals surface area contributed by atoms with E-state index in [1.165, 1.54) is 11.1 Å². The molecule has 0 aliphatic carbocycles. The molecule has 1 aliphatic heterocycles. The molecule has 0 aromatic heterocycles. The molecular weight excluding hydrogens is 350 g/mol. The van der Waals surface area contributed by atoms with Crippen molar-refractivity contribution in [3.63, 3.8) is 0 Å². The lowest BCUT2D eigenvalue weighted by atomic mass is 10.0. The second-order valence-electron chi connectivity index (χ2n) is 7.53. The van der Waals surface area contributed by atoms with Crippen molar-refractivity contribution in [3.8, 4) is 5.75 Å². The minimum absolute atomic E-state index is 0.0721. The Kier molecular flexibility index (Phi) is 7.06. The van der Waals surface area contributed by atoms with Gasteiger partial charge in [0.2, 0.25) is 5.91 Å². The van der Waals surface area contributed by atoms with Gasteiger partial charge in [-0.25, -0.2) is 0 Å². The minimum Gasteiger partial charge on any atom is -0.496 e. The lowest BCUT2D eigenvalue weighted by molar-refractivity contribution is -0.123. The van der Waals surface area contributed by atoms with E-state index in [2.05, 4.69) is 53.6 Å². The predicted octanol–water partition coefficient (Wildman–Crippen LogP) is 2.70. The second kappa shape index (κ2) is 9.71. The maximum atomic E-state index is 12.7. The van der Waals surface area contributed by atoms with Gasteiger partial charge in [0.25, 0.3) is 0 Å². The molecule has 2 aromatic carbocycles. The Morgan fingerprint density at radius 2 is 2.00 bits per heavy atom. The number of piperazine rings is 1. The summed E-state index contributed by atoms with van der Waals surface area (Å²) in [6.07, 6.45) is 0.843. The van der Waals surface area contributed by atoms with Crippen molar-refractivity contribution in [3.05, 3.63) is 65.2 Å². The fraction of sp³-hybridized carbons (Fsp3) is 0.435. The van der Waals surface area contributed by atoms with E-state index in [9.17, 15) is 4.79 Å². The van der Waals surface area contributed by atoms with Crippen LogP contribution in [0.1, 0.15) is 29.7 Å². The molecule has 2 N–H and O–H groups in total. The van der Waals surface area contributed by atoms with Crippen LogP contribution in [-0.2, 0) is 11.2 Å².